The van der Waals surface area contributed by atoms with Crippen molar-refractivity contribution in [3.8, 4) is 0 Å². The summed E-state index contributed by atoms with van der Waals surface area (Å²) in [6.07, 6.45) is -2.08. The van der Waals surface area contributed by atoms with E-state index < -0.39 is 72.5 Å². The summed E-state index contributed by atoms with van der Waals surface area (Å²) in [4.78, 5) is 50.2. The van der Waals surface area contributed by atoms with Crippen LogP contribution in [0.15, 0.2) is 21.9 Å². The number of hydrogen-bond donors (Lipinski definition) is 3. The molecule has 0 spiro atoms. The Morgan fingerprint density at radius 1 is 1.32 bits per heavy atom. The summed E-state index contributed by atoms with van der Waals surface area (Å²) in [7, 11) is -4.23. The number of nitrogens with one attached hydrogen (secondary N) is 2. The molecule has 0 aromatic carbocycles. The number of fused-ring (bicyclic) bond motifs is 1. The van der Waals surface area contributed by atoms with E-state index >= 15 is 0 Å². The maximum Gasteiger partial charge on any atom is 0.406 e. The maximum absolute atomic E-state index is 13.7. The first kappa shape index (κ1) is 30.7. The third kappa shape index (κ3) is 6.67. The van der Waals surface area contributed by atoms with E-state index in [9.17, 15) is 28.8 Å². The number of hydrogen-bond acceptors (Lipinski definition) is 11. The predicted octanol–water partition coefficient (Wildman–Crippen LogP) is 1.56. The lowest BCUT2D eigenvalue weighted by Crippen LogP contribution is -2.39. The number of aromatic amines is 1. The molecule has 13 nitrogen and oxygen atoms in total. The van der Waals surface area contributed by atoms with Crippen molar-refractivity contribution in [3.05, 3.63) is 33.1 Å². The second-order valence-corrected chi connectivity index (χ2v) is 13.5. The Labute approximate surface area is 224 Å². The molecule has 214 valence electrons. The van der Waals surface area contributed by atoms with Crippen LogP contribution in [0.3, 0.4) is 0 Å². The number of aromatic nitrogens is 2. The minimum Gasteiger partial charge on any atom is -0.462 e. The van der Waals surface area contributed by atoms with Crippen LogP contribution in [0.4, 0.5) is 0 Å². The van der Waals surface area contributed by atoms with Crippen LogP contribution in [0.5, 0.6) is 0 Å². The van der Waals surface area contributed by atoms with Gasteiger partial charge < -0.3 is 14.6 Å². The van der Waals surface area contributed by atoms with Gasteiger partial charge in [0.15, 0.2) is 5.12 Å². The van der Waals surface area contributed by atoms with Gasteiger partial charge in [0, 0.05) is 29.3 Å². The number of ether oxygens (including phenoxy) is 2. The first-order valence-electron chi connectivity index (χ1n) is 12.3. The number of esters is 1. The number of carbonyl (C=O) groups excluding carboxylic acids is 2. The largest absolute Gasteiger partial charge is 0.462 e. The molecule has 1 aromatic rings. The van der Waals surface area contributed by atoms with Crippen LogP contribution in [0.25, 0.3) is 0 Å². The average Bonchev–Trinajstić information content (AvgIpc) is 3.23. The van der Waals surface area contributed by atoms with Crippen LogP contribution < -0.4 is 16.3 Å². The summed E-state index contributed by atoms with van der Waals surface area (Å²) in [6.45, 7) is 11.6. The number of carbonyl (C=O) groups is 2. The van der Waals surface area contributed by atoms with Crippen molar-refractivity contribution < 1.29 is 37.8 Å². The van der Waals surface area contributed by atoms with Gasteiger partial charge >= 0.3 is 19.4 Å². The van der Waals surface area contributed by atoms with Gasteiger partial charge in [-0.15, -0.1) is 0 Å². The van der Waals surface area contributed by atoms with Gasteiger partial charge in [0.25, 0.3) is 5.56 Å². The standard InChI is InChI=1S/C23H36N3O10PS/c1-12(2)34-19(28)14(4)25-37(32,33-10-11-38-20(29)22(5,6)7)36-17-16-23(17,31)13(3)18(35-16)26-9-8-15(27)24-21(26)30/h8-9,12-14,16-18,31H,10-11H2,1-7H3,(H,25,32)(H,24,27,30)/t13-,14-,16-,17?,18-,23+,37?/m1/s1. The van der Waals surface area contributed by atoms with Crippen molar-refractivity contribution in [1.29, 1.82) is 0 Å². The lowest BCUT2D eigenvalue weighted by Gasteiger charge is -2.27. The number of rotatable bonds is 11. The molecule has 3 N–H and O–H groups in total. The average molecular weight is 578 g/mol. The first-order chi connectivity index (χ1) is 17.5. The fraction of sp³-hybridized carbons (Fsp3) is 0.739. The fourth-order valence-electron chi connectivity index (χ4n) is 3.98. The minimum absolute atomic E-state index is 0.0736. The highest BCUT2D eigenvalue weighted by molar-refractivity contribution is 8.13. The Morgan fingerprint density at radius 2 is 1.97 bits per heavy atom. The molecular formula is C23H36N3O10PS. The van der Waals surface area contributed by atoms with Crippen molar-refractivity contribution in [2.24, 2.45) is 11.3 Å². The van der Waals surface area contributed by atoms with Crippen molar-refractivity contribution in [3.63, 3.8) is 0 Å². The highest BCUT2D eigenvalue weighted by Gasteiger charge is 2.77. The highest BCUT2D eigenvalue weighted by atomic mass is 32.2. The van der Waals surface area contributed by atoms with Crippen LogP contribution >= 0.6 is 19.5 Å². The smallest absolute Gasteiger partial charge is 0.406 e. The Balaban J connectivity index is 1.71. The van der Waals surface area contributed by atoms with Gasteiger partial charge in [0.05, 0.1) is 12.7 Å². The molecule has 1 aromatic heterocycles. The second-order valence-electron chi connectivity index (χ2n) is 10.7. The zero-order chi connectivity index (χ0) is 28.6. The van der Waals surface area contributed by atoms with Gasteiger partial charge in [-0.05, 0) is 20.8 Å². The van der Waals surface area contributed by atoms with Crippen molar-refractivity contribution in [1.82, 2.24) is 14.6 Å². The Morgan fingerprint density at radius 3 is 2.50 bits per heavy atom. The summed E-state index contributed by atoms with van der Waals surface area (Å²) < 4.78 is 37.1. The van der Waals surface area contributed by atoms with E-state index in [1.54, 1.807) is 41.5 Å². The van der Waals surface area contributed by atoms with E-state index in [1.807, 2.05) is 0 Å². The number of thioether (sulfide) groups is 1. The van der Waals surface area contributed by atoms with E-state index in [2.05, 4.69) is 10.1 Å². The van der Waals surface area contributed by atoms with E-state index in [0.717, 1.165) is 22.4 Å². The van der Waals surface area contributed by atoms with Crippen molar-refractivity contribution in [2.45, 2.75) is 84.6 Å². The summed E-state index contributed by atoms with van der Waals surface area (Å²) >= 11 is 1.02. The first-order valence-corrected chi connectivity index (χ1v) is 14.8. The molecule has 15 heteroatoms. The predicted molar refractivity (Wildman–Crippen MR) is 139 cm³/mol. The SMILES string of the molecule is CC(C)OC(=O)[C@@H](C)NP(=O)(OCCSC(=O)C(C)(C)C)OC1[C@H]2O[C@@H](n3ccc(=O)[nH]c3=O)[C@@H](C)[C@@]12O. The Bertz CT molecular complexity index is 1210. The molecule has 0 bridgehead atoms. The van der Waals surface area contributed by atoms with Gasteiger partial charge in [0.1, 0.15) is 30.1 Å². The molecule has 0 radical (unpaired) electrons. The summed E-state index contributed by atoms with van der Waals surface area (Å²) in [5.41, 5.74) is -3.45. The van der Waals surface area contributed by atoms with Gasteiger partial charge in [-0.2, -0.15) is 0 Å². The molecular weight excluding hydrogens is 541 g/mol. The third-order valence-electron chi connectivity index (χ3n) is 6.15. The van der Waals surface area contributed by atoms with E-state index in [1.165, 1.54) is 13.1 Å². The highest BCUT2D eigenvalue weighted by Crippen LogP contribution is 2.63. The Hall–Kier alpha value is -1.80. The molecule has 1 aliphatic carbocycles. The van der Waals surface area contributed by atoms with Crippen molar-refractivity contribution >= 4 is 30.6 Å². The van der Waals surface area contributed by atoms with Crippen molar-refractivity contribution in [2.75, 3.05) is 12.4 Å². The second kappa shape index (κ2) is 11.4. The monoisotopic (exact) mass is 577 g/mol. The van der Waals surface area contributed by atoms with E-state index in [4.69, 9.17) is 18.5 Å². The molecule has 1 saturated carbocycles. The molecule has 2 aliphatic rings. The summed E-state index contributed by atoms with van der Waals surface area (Å²) in [6, 6.07) is 0.0805. The van der Waals surface area contributed by atoms with Crippen LogP contribution in [0.1, 0.15) is 54.7 Å². The van der Waals surface area contributed by atoms with E-state index in [0.29, 0.717) is 0 Å². The molecule has 2 heterocycles. The fourth-order valence-corrected chi connectivity index (χ4v) is 6.57. The molecule has 0 amide bonds. The van der Waals surface area contributed by atoms with Gasteiger partial charge in [-0.3, -0.25) is 33.0 Å². The topological polar surface area (TPSA) is 175 Å². The molecule has 7 atom stereocenters. The number of H-pyrrole nitrogens is 1. The van der Waals surface area contributed by atoms with E-state index in [-0.39, 0.29) is 17.5 Å². The van der Waals surface area contributed by atoms with Crippen LogP contribution in [0.2, 0.25) is 0 Å². The zero-order valence-corrected chi connectivity index (χ0v) is 24.2. The quantitative estimate of drug-likeness (QED) is 0.197. The molecule has 38 heavy (non-hydrogen) atoms. The summed E-state index contributed by atoms with van der Waals surface area (Å²) in [5.74, 6) is -1.20. The summed E-state index contributed by atoms with van der Waals surface area (Å²) in [5, 5.41) is 13.7. The lowest BCUT2D eigenvalue weighted by atomic mass is 10.00. The van der Waals surface area contributed by atoms with Gasteiger partial charge in [-0.25, -0.2) is 14.4 Å². The van der Waals surface area contributed by atoms with Gasteiger partial charge in [0.2, 0.25) is 0 Å². The molecule has 1 saturated heterocycles. The molecule has 3 rings (SSSR count). The maximum atomic E-state index is 13.7. The van der Waals surface area contributed by atoms with Crippen LogP contribution in [-0.2, 0) is 32.7 Å². The molecule has 2 fully saturated rings. The molecule has 2 unspecified atom stereocenters. The lowest BCUT2D eigenvalue weighted by molar-refractivity contribution is -0.149. The zero-order valence-electron chi connectivity index (χ0n) is 22.5. The normalized spacial score (nSPS) is 29.0. The Kier molecular flexibility index (Phi) is 9.19. The third-order valence-corrected chi connectivity index (χ3v) is 9.12. The van der Waals surface area contributed by atoms with Gasteiger partial charge in [-0.1, -0.05) is 39.5 Å². The van der Waals surface area contributed by atoms with Crippen LogP contribution in [0, 0.1) is 11.3 Å². The van der Waals surface area contributed by atoms with Crippen LogP contribution in [-0.4, -0.2) is 68.1 Å². The number of aliphatic hydroxyl groups is 1. The molecule has 1 aliphatic heterocycles. The number of nitrogens with zero attached hydrogens (tertiary/aromatic N) is 1. The minimum atomic E-state index is -4.23.